The predicted molar refractivity (Wildman–Crippen MR) is 91.5 cm³/mol. The highest BCUT2D eigenvalue weighted by atomic mass is 32.2. The number of aryl methyl sites for hydroxylation is 2. The Hall–Kier alpha value is -1.69. The first kappa shape index (κ1) is 22.6. The summed E-state index contributed by atoms with van der Waals surface area (Å²) in [6.07, 6.45) is -9.24. The Morgan fingerprint density at radius 3 is 2.21 bits per heavy atom. The molecule has 2 aromatic rings. The van der Waals surface area contributed by atoms with E-state index in [9.17, 15) is 34.9 Å². The third-order valence-corrected chi connectivity index (χ3v) is 6.34. The van der Waals surface area contributed by atoms with E-state index in [0.29, 0.717) is 4.88 Å². The topological polar surface area (TPSA) is 34.4 Å². The summed E-state index contributed by atoms with van der Waals surface area (Å²) in [6.45, 7) is 2.97. The van der Waals surface area contributed by atoms with Crippen molar-refractivity contribution in [2.45, 2.75) is 44.6 Å². The van der Waals surface area contributed by atoms with Crippen molar-refractivity contribution in [3.8, 4) is 0 Å². The molecule has 28 heavy (non-hydrogen) atoms. The van der Waals surface area contributed by atoms with Gasteiger partial charge in [0.1, 0.15) is 23.8 Å². The number of rotatable bonds is 4. The van der Waals surface area contributed by atoms with Crippen molar-refractivity contribution in [2.24, 2.45) is 4.99 Å². The molecule has 1 aromatic carbocycles. The number of hydrogen-bond donors (Lipinski definition) is 0. The number of nitrogens with zero attached hydrogens (tertiary/aromatic N) is 2. The SMILES string of the molecule is Cc1cc(F)c(N=c2sc(C)c(C)n2CC(F)(F)F)cc1S(=O)CC(F)(F)F. The standard InChI is InChI=1S/C16H15F7N2OS2/c1-8-4-11(17)12(5-13(8)28(26)7-16(21,22)23)24-14-25(6-15(18,19)20)9(2)10(3)27-14/h4-5H,6-7H2,1-3H3. The van der Waals surface area contributed by atoms with E-state index in [2.05, 4.69) is 4.99 Å². The summed E-state index contributed by atoms with van der Waals surface area (Å²) in [7, 11) is -2.50. The molecule has 0 aliphatic heterocycles. The largest absolute Gasteiger partial charge is 0.406 e. The molecule has 1 atom stereocenters. The van der Waals surface area contributed by atoms with Gasteiger partial charge >= 0.3 is 12.4 Å². The van der Waals surface area contributed by atoms with Gasteiger partial charge in [-0.25, -0.2) is 9.38 Å². The van der Waals surface area contributed by atoms with Crippen LogP contribution >= 0.6 is 11.3 Å². The molecule has 1 unspecified atom stereocenters. The first-order valence-electron chi connectivity index (χ1n) is 7.71. The Morgan fingerprint density at radius 2 is 1.68 bits per heavy atom. The molecule has 1 heterocycles. The molecule has 0 amide bonds. The molecule has 0 aliphatic carbocycles. The Balaban J connectivity index is 2.60. The summed E-state index contributed by atoms with van der Waals surface area (Å²) < 4.78 is 103. The molecular formula is C16H15F7N2OS2. The summed E-state index contributed by atoms with van der Waals surface area (Å²) >= 11 is 0.887. The maximum Gasteiger partial charge on any atom is 0.406 e. The lowest BCUT2D eigenvalue weighted by Crippen LogP contribution is -2.26. The molecular weight excluding hydrogens is 433 g/mol. The van der Waals surface area contributed by atoms with Gasteiger partial charge in [0, 0.05) is 15.5 Å². The lowest BCUT2D eigenvalue weighted by Gasteiger charge is -2.11. The molecule has 12 heteroatoms. The van der Waals surface area contributed by atoms with Gasteiger partial charge in [-0.3, -0.25) is 4.21 Å². The van der Waals surface area contributed by atoms with Crippen LogP contribution in [0.2, 0.25) is 0 Å². The van der Waals surface area contributed by atoms with Crippen molar-refractivity contribution in [1.29, 1.82) is 0 Å². The van der Waals surface area contributed by atoms with E-state index in [0.717, 1.165) is 28.0 Å². The number of hydrogen-bond acceptors (Lipinski definition) is 3. The van der Waals surface area contributed by atoms with Crippen LogP contribution in [0.15, 0.2) is 22.0 Å². The van der Waals surface area contributed by atoms with Gasteiger partial charge in [-0.2, -0.15) is 26.3 Å². The molecule has 1 aromatic heterocycles. The average molecular weight is 448 g/mol. The van der Waals surface area contributed by atoms with E-state index in [1.807, 2.05) is 0 Å². The molecule has 0 fully saturated rings. The zero-order valence-electron chi connectivity index (χ0n) is 14.8. The van der Waals surface area contributed by atoms with Gasteiger partial charge < -0.3 is 4.57 Å². The van der Waals surface area contributed by atoms with Crippen LogP contribution in [0, 0.1) is 26.6 Å². The fourth-order valence-electron chi connectivity index (χ4n) is 2.35. The Kier molecular flexibility index (Phi) is 6.44. The molecule has 156 valence electrons. The van der Waals surface area contributed by atoms with Crippen molar-refractivity contribution in [3.63, 3.8) is 0 Å². The molecule has 0 N–H and O–H groups in total. The van der Waals surface area contributed by atoms with E-state index in [-0.39, 0.29) is 21.0 Å². The molecule has 3 nitrogen and oxygen atoms in total. The molecule has 2 rings (SSSR count). The zero-order chi connectivity index (χ0) is 21.4. The minimum absolute atomic E-state index is 0.0285. The van der Waals surface area contributed by atoms with E-state index in [1.54, 1.807) is 6.92 Å². The predicted octanol–water partition coefficient (Wildman–Crippen LogP) is 5.08. The highest BCUT2D eigenvalue weighted by Gasteiger charge is 2.32. The van der Waals surface area contributed by atoms with Crippen LogP contribution < -0.4 is 4.80 Å². The van der Waals surface area contributed by atoms with Crippen LogP contribution in [0.5, 0.6) is 0 Å². The number of aromatic nitrogens is 1. The van der Waals surface area contributed by atoms with Gasteiger partial charge in [0.05, 0.1) is 10.8 Å². The summed E-state index contributed by atoms with van der Waals surface area (Å²) in [5.41, 5.74) is -0.163. The van der Waals surface area contributed by atoms with Crippen LogP contribution in [0.3, 0.4) is 0 Å². The second-order valence-corrected chi connectivity index (χ2v) is 8.61. The summed E-state index contributed by atoms with van der Waals surface area (Å²) in [4.78, 5) is 3.96. The molecule has 0 aliphatic rings. The van der Waals surface area contributed by atoms with E-state index in [1.165, 1.54) is 13.8 Å². The zero-order valence-corrected chi connectivity index (χ0v) is 16.5. The van der Waals surface area contributed by atoms with E-state index >= 15 is 0 Å². The Labute approximate surface area is 162 Å². The van der Waals surface area contributed by atoms with Crippen LogP contribution in [0.4, 0.5) is 36.4 Å². The first-order chi connectivity index (χ1) is 12.7. The fraction of sp³-hybridized carbons (Fsp3) is 0.438. The maximum absolute atomic E-state index is 14.3. The minimum Gasteiger partial charge on any atom is -0.312 e. The van der Waals surface area contributed by atoms with Gasteiger partial charge in [0.25, 0.3) is 0 Å². The average Bonchev–Trinajstić information content (AvgIpc) is 2.74. The van der Waals surface area contributed by atoms with Gasteiger partial charge in [-0.1, -0.05) is 0 Å². The van der Waals surface area contributed by atoms with Crippen molar-refractivity contribution in [3.05, 3.63) is 38.9 Å². The van der Waals surface area contributed by atoms with Gasteiger partial charge in [-0.05, 0) is 38.5 Å². The number of benzene rings is 1. The molecule has 0 spiro atoms. The maximum atomic E-state index is 14.3. The third-order valence-electron chi connectivity index (χ3n) is 3.73. The lowest BCUT2D eigenvalue weighted by molar-refractivity contribution is -0.141. The number of halogens is 7. The number of thiazole rings is 1. The smallest absolute Gasteiger partial charge is 0.312 e. The third kappa shape index (κ3) is 5.66. The van der Waals surface area contributed by atoms with Crippen LogP contribution in [-0.4, -0.2) is 26.9 Å². The monoisotopic (exact) mass is 448 g/mol. The second kappa shape index (κ2) is 7.97. The molecule has 0 bridgehead atoms. The van der Waals surface area contributed by atoms with Crippen molar-refractivity contribution < 1.29 is 34.9 Å². The quantitative estimate of drug-likeness (QED) is 0.601. The summed E-state index contributed by atoms with van der Waals surface area (Å²) in [6, 6.07) is 1.75. The Bertz CT molecular complexity index is 971. The highest BCUT2D eigenvalue weighted by molar-refractivity contribution is 7.85. The minimum atomic E-state index is -4.69. The lowest BCUT2D eigenvalue weighted by atomic mass is 10.2. The first-order valence-corrected chi connectivity index (χ1v) is 9.85. The van der Waals surface area contributed by atoms with Crippen LogP contribution in [0.1, 0.15) is 16.1 Å². The van der Waals surface area contributed by atoms with Crippen LogP contribution in [-0.2, 0) is 17.3 Å². The van der Waals surface area contributed by atoms with E-state index in [4.69, 9.17) is 0 Å². The number of alkyl halides is 6. The van der Waals surface area contributed by atoms with Crippen molar-refractivity contribution in [2.75, 3.05) is 5.75 Å². The van der Waals surface area contributed by atoms with E-state index < -0.39 is 47.0 Å². The summed E-state index contributed by atoms with van der Waals surface area (Å²) in [5, 5.41) is 0. The Morgan fingerprint density at radius 1 is 1.07 bits per heavy atom. The van der Waals surface area contributed by atoms with Crippen LogP contribution in [0.25, 0.3) is 0 Å². The fourth-order valence-corrected chi connectivity index (χ4v) is 4.45. The molecule has 0 saturated heterocycles. The van der Waals surface area contributed by atoms with Gasteiger partial charge in [-0.15, -0.1) is 11.3 Å². The second-order valence-electron chi connectivity index (χ2n) is 6.01. The molecule has 0 radical (unpaired) electrons. The normalized spacial score (nSPS) is 14.6. The van der Waals surface area contributed by atoms with Gasteiger partial charge in [0.2, 0.25) is 0 Å². The highest BCUT2D eigenvalue weighted by Crippen LogP contribution is 2.28. The molecule has 0 saturated carbocycles. The van der Waals surface area contributed by atoms with Crippen molar-refractivity contribution in [1.82, 2.24) is 4.57 Å². The van der Waals surface area contributed by atoms with Gasteiger partial charge in [0.15, 0.2) is 4.80 Å². The van der Waals surface area contributed by atoms with Crippen molar-refractivity contribution >= 4 is 27.8 Å². The summed E-state index contributed by atoms with van der Waals surface area (Å²) in [5.74, 6) is -2.56.